The van der Waals surface area contributed by atoms with Crippen LogP contribution in [0.5, 0.6) is 5.75 Å². The summed E-state index contributed by atoms with van der Waals surface area (Å²) in [4.78, 5) is 1.10. The second-order valence-corrected chi connectivity index (χ2v) is 6.21. The quantitative estimate of drug-likeness (QED) is 0.613. The van der Waals surface area contributed by atoms with Crippen molar-refractivity contribution in [3.63, 3.8) is 0 Å². The molecule has 0 fully saturated rings. The Balaban J connectivity index is 2.94. The summed E-state index contributed by atoms with van der Waals surface area (Å²) in [6, 6.07) is 5.07. The predicted molar refractivity (Wildman–Crippen MR) is 49.3 cm³/mol. The van der Waals surface area contributed by atoms with Crippen LogP contribution < -0.4 is 18.3 Å². The Hall–Kier alpha value is -0.460. The summed E-state index contributed by atoms with van der Waals surface area (Å²) in [5.41, 5.74) is 0.639. The molecule has 0 spiro atoms. The number of hydrogen-bond acceptors (Lipinski definition) is 4. The van der Waals surface area contributed by atoms with Crippen LogP contribution in [0.3, 0.4) is 0 Å². The number of aryl methyl sites for hydroxylation is 1. The van der Waals surface area contributed by atoms with Gasteiger partial charge < -0.3 is 0 Å². The Kier molecular flexibility index (Phi) is 3.86. The van der Waals surface area contributed by atoms with Crippen LogP contribution in [0.25, 0.3) is 0 Å². The van der Waals surface area contributed by atoms with Crippen molar-refractivity contribution < 1.29 is 28.5 Å². The van der Waals surface area contributed by atoms with E-state index in [4.69, 9.17) is 0 Å². The van der Waals surface area contributed by atoms with Crippen LogP contribution in [0, 0.1) is 17.2 Å². The van der Waals surface area contributed by atoms with E-state index >= 15 is 0 Å². The highest BCUT2D eigenvalue weighted by molar-refractivity contribution is 7.95. The van der Waals surface area contributed by atoms with Crippen molar-refractivity contribution >= 4 is 10.9 Å². The Labute approximate surface area is 93.6 Å². The van der Waals surface area contributed by atoms with Crippen molar-refractivity contribution in [1.29, 1.82) is 0 Å². The van der Waals surface area contributed by atoms with Gasteiger partial charge in [0.1, 0.15) is 22.8 Å². The fraction of sp³-hybridized carbons (Fsp3) is 0.333. The van der Waals surface area contributed by atoms with Crippen LogP contribution in [0.1, 0.15) is 5.56 Å². The first-order valence-corrected chi connectivity index (χ1v) is 7.36. The molecule has 0 saturated heterocycles. The molecule has 0 aliphatic heterocycles. The third-order valence-electron chi connectivity index (χ3n) is 1.80. The van der Waals surface area contributed by atoms with Crippen LogP contribution in [-0.2, 0) is 10.9 Å². The molecule has 0 N–H and O–H groups in total. The van der Waals surface area contributed by atoms with E-state index in [-0.39, 0.29) is 16.6 Å². The molecule has 15 heavy (non-hydrogen) atoms. The molecule has 0 saturated carbocycles. The van der Waals surface area contributed by atoms with E-state index < -0.39 is 10.2 Å². The van der Waals surface area contributed by atoms with E-state index in [2.05, 4.69) is 16.8 Å². The molecular formula is C9H12ClO4S+. The highest BCUT2D eigenvalue weighted by atomic mass is 35.7. The first-order chi connectivity index (χ1) is 6.79. The molecule has 0 aromatic heterocycles. The van der Waals surface area contributed by atoms with Gasteiger partial charge in [0, 0.05) is 28.6 Å². The maximum atomic E-state index is 10.4. The monoisotopic (exact) mass is 251 g/mol. The molecule has 1 aromatic carbocycles. The van der Waals surface area contributed by atoms with Gasteiger partial charge in [-0.2, -0.15) is 14.0 Å². The largest absolute Gasteiger partial charge is 0.291 e. The second kappa shape index (κ2) is 4.59. The molecule has 0 aliphatic rings. The van der Waals surface area contributed by atoms with Gasteiger partial charge >= 0.3 is 0 Å². The summed E-state index contributed by atoms with van der Waals surface area (Å²) in [6.45, 7) is 1.70. The van der Waals surface area contributed by atoms with E-state index in [1.807, 2.05) is 6.07 Å². The van der Waals surface area contributed by atoms with Crippen LogP contribution in [0.2, 0.25) is 0 Å². The average molecular weight is 252 g/mol. The fourth-order valence-corrected chi connectivity index (χ4v) is 2.19. The summed E-state index contributed by atoms with van der Waals surface area (Å²) >= 11 is 0. The van der Waals surface area contributed by atoms with Gasteiger partial charge in [-0.25, -0.2) is 0 Å². The van der Waals surface area contributed by atoms with Gasteiger partial charge in [0.25, 0.3) is 5.75 Å². The zero-order valence-electron chi connectivity index (χ0n) is 8.65. The van der Waals surface area contributed by atoms with Crippen molar-refractivity contribution in [1.82, 2.24) is 0 Å². The van der Waals surface area contributed by atoms with Gasteiger partial charge in [-0.05, 0) is 13.0 Å². The maximum absolute atomic E-state index is 10.4. The minimum atomic E-state index is -4.41. The molecule has 1 rings (SSSR count). The van der Waals surface area contributed by atoms with Gasteiger partial charge in [0.15, 0.2) is 4.90 Å². The van der Waals surface area contributed by atoms with Crippen LogP contribution >= 0.6 is 0 Å². The minimum Gasteiger partial charge on any atom is -0.167 e. The minimum absolute atomic E-state index is 0.0841. The van der Waals surface area contributed by atoms with E-state index in [9.17, 15) is 14.0 Å². The van der Waals surface area contributed by atoms with Crippen molar-refractivity contribution in [2.75, 3.05) is 12.5 Å². The van der Waals surface area contributed by atoms with Gasteiger partial charge in [-0.1, -0.05) is 4.29 Å². The fourth-order valence-electron chi connectivity index (χ4n) is 1.06. The van der Waals surface area contributed by atoms with Crippen LogP contribution in [-0.4, -0.2) is 12.5 Å². The summed E-state index contributed by atoms with van der Waals surface area (Å²) < 4.78 is 35.4. The van der Waals surface area contributed by atoms with Crippen molar-refractivity contribution in [2.24, 2.45) is 0 Å². The highest BCUT2D eigenvalue weighted by Gasteiger charge is 2.22. The number of benzene rings is 1. The zero-order chi connectivity index (χ0) is 11.6. The molecule has 84 valence electrons. The van der Waals surface area contributed by atoms with Crippen molar-refractivity contribution in [3.05, 3.63) is 23.8 Å². The maximum Gasteiger partial charge on any atom is 0.291 e. The standard InChI is InChI=1S/C9H12ClO4S/c1-7-6-8(15(2)3)4-5-9(7)14-10(11,12)13/h4-6H,1-3H3/q+1. The molecule has 1 aromatic rings. The Morgan fingerprint density at radius 1 is 1.20 bits per heavy atom. The number of rotatable bonds is 3. The summed E-state index contributed by atoms with van der Waals surface area (Å²) in [6.07, 6.45) is 4.11. The third-order valence-corrected chi connectivity index (χ3v) is 3.35. The smallest absolute Gasteiger partial charge is 0.167 e. The van der Waals surface area contributed by atoms with Gasteiger partial charge in [-0.15, -0.1) is 0 Å². The van der Waals surface area contributed by atoms with Gasteiger partial charge in [0.05, 0.1) is 0 Å². The molecule has 0 amide bonds. The lowest BCUT2D eigenvalue weighted by Gasteiger charge is -2.13. The molecule has 0 bridgehead atoms. The van der Waals surface area contributed by atoms with Crippen molar-refractivity contribution in [3.8, 4) is 5.75 Å². The molecule has 0 unspecified atom stereocenters. The normalized spacial score (nSPS) is 11.9. The second-order valence-electron chi connectivity index (χ2n) is 3.20. The molecule has 0 aliphatic carbocycles. The first kappa shape index (κ1) is 12.6. The van der Waals surface area contributed by atoms with E-state index in [1.54, 1.807) is 13.0 Å². The summed E-state index contributed by atoms with van der Waals surface area (Å²) in [5, 5.41) is 0. The van der Waals surface area contributed by atoms with Crippen LogP contribution in [0.4, 0.5) is 0 Å². The van der Waals surface area contributed by atoms with Crippen LogP contribution in [0.15, 0.2) is 23.1 Å². The summed E-state index contributed by atoms with van der Waals surface area (Å²) in [5.74, 6) is 0.0841. The lowest BCUT2D eigenvalue weighted by Crippen LogP contribution is -2.63. The van der Waals surface area contributed by atoms with Gasteiger partial charge in [0.2, 0.25) is 0 Å². The third kappa shape index (κ3) is 3.89. The zero-order valence-corrected chi connectivity index (χ0v) is 10.2. The molecule has 4 nitrogen and oxygen atoms in total. The Morgan fingerprint density at radius 3 is 2.20 bits per heavy atom. The van der Waals surface area contributed by atoms with E-state index in [0.29, 0.717) is 5.56 Å². The summed E-state index contributed by atoms with van der Waals surface area (Å²) in [7, 11) is -4.32. The molecular weight excluding hydrogens is 240 g/mol. The lowest BCUT2D eigenvalue weighted by molar-refractivity contribution is -1.91. The number of halogens is 1. The first-order valence-electron chi connectivity index (χ1n) is 4.08. The predicted octanol–water partition coefficient (Wildman–Crippen LogP) is -1.49. The Morgan fingerprint density at radius 2 is 1.80 bits per heavy atom. The Bertz CT molecular complexity index is 348. The molecule has 0 atom stereocenters. The van der Waals surface area contributed by atoms with E-state index in [1.165, 1.54) is 6.07 Å². The topological polar surface area (TPSA) is 78.4 Å². The van der Waals surface area contributed by atoms with Crippen molar-refractivity contribution in [2.45, 2.75) is 11.8 Å². The lowest BCUT2D eigenvalue weighted by atomic mass is 10.2. The molecule has 0 heterocycles. The molecule has 6 heteroatoms. The van der Waals surface area contributed by atoms with E-state index in [0.717, 1.165) is 4.90 Å². The SMILES string of the molecule is Cc1cc([S+](C)C)ccc1O[Cl+3]([O-])([O-])[O-]. The molecule has 0 radical (unpaired) electrons. The van der Waals surface area contributed by atoms with Gasteiger partial charge in [-0.3, -0.25) is 0 Å². The number of hydrogen-bond donors (Lipinski definition) is 0. The average Bonchev–Trinajstić information content (AvgIpc) is 2.05. The highest BCUT2D eigenvalue weighted by Crippen LogP contribution is 2.23.